The van der Waals surface area contributed by atoms with Gasteiger partial charge in [0.25, 0.3) is 6.43 Å². The third-order valence-electron chi connectivity index (χ3n) is 7.08. The van der Waals surface area contributed by atoms with Crippen LogP contribution >= 0.6 is 11.3 Å². The standard InChI is InChI=1S/C28H35F2N5O2SSi/c1-18-16-24(35-13-10-23(34-35)27-31-12-15-38-27)20(11-14-37-39(6,7)28(2,3)4)26(32-18)33-22-9-8-19(36-5)17-21(22)25(29)30/h8-10,12-13,15-17,25H,11,14H2,1-7H3,(H,32,33). The SMILES string of the molecule is COc1ccc(Nc2nc(C)cc(-n3ccc(-c4nccs4)n3)c2CCO[Si](C)(C)C(C)(C)C)c(C(F)F)c1. The molecule has 4 rings (SSSR count). The van der Waals surface area contributed by atoms with Crippen LogP contribution in [0.4, 0.5) is 20.3 Å². The number of hydrogen-bond acceptors (Lipinski definition) is 7. The zero-order valence-electron chi connectivity index (χ0n) is 23.4. The highest BCUT2D eigenvalue weighted by Gasteiger charge is 2.37. The molecule has 1 aromatic carbocycles. The fourth-order valence-corrected chi connectivity index (χ4v) is 5.52. The molecule has 0 saturated carbocycles. The lowest BCUT2D eigenvalue weighted by Crippen LogP contribution is -2.41. The Bertz CT molecular complexity index is 1420. The number of thiazole rings is 1. The summed E-state index contributed by atoms with van der Waals surface area (Å²) in [4.78, 5) is 9.10. The van der Waals surface area contributed by atoms with E-state index in [0.717, 1.165) is 27.6 Å². The second-order valence-electron chi connectivity index (χ2n) is 10.8. The Kier molecular flexibility index (Phi) is 8.53. The normalized spacial score (nSPS) is 12.3. The maximum atomic E-state index is 14.0. The van der Waals surface area contributed by atoms with Crippen LogP contribution < -0.4 is 10.1 Å². The molecule has 0 bridgehead atoms. The molecule has 0 saturated heterocycles. The summed E-state index contributed by atoms with van der Waals surface area (Å²) in [5, 5.41) is 10.8. The second-order valence-corrected chi connectivity index (χ2v) is 16.5. The van der Waals surface area contributed by atoms with Gasteiger partial charge in [-0.1, -0.05) is 20.8 Å². The Morgan fingerprint density at radius 3 is 2.56 bits per heavy atom. The minimum absolute atomic E-state index is 0.0578. The number of pyridine rings is 1. The van der Waals surface area contributed by atoms with E-state index in [9.17, 15) is 8.78 Å². The summed E-state index contributed by atoms with van der Waals surface area (Å²) in [6, 6.07) is 8.45. The van der Waals surface area contributed by atoms with Crippen LogP contribution in [0.1, 0.15) is 44.0 Å². The molecule has 3 aromatic heterocycles. The topological polar surface area (TPSA) is 74.1 Å². The largest absolute Gasteiger partial charge is 0.497 e. The highest BCUT2D eigenvalue weighted by molar-refractivity contribution is 7.13. The van der Waals surface area contributed by atoms with Crippen LogP contribution in [-0.2, 0) is 10.8 Å². The minimum atomic E-state index is -2.69. The lowest BCUT2D eigenvalue weighted by molar-refractivity contribution is 0.152. The molecule has 0 aliphatic heterocycles. The van der Waals surface area contributed by atoms with E-state index in [1.807, 2.05) is 30.6 Å². The summed E-state index contributed by atoms with van der Waals surface area (Å²) in [6.07, 6.45) is 1.45. The molecule has 0 amide bonds. The molecule has 1 N–H and O–H groups in total. The zero-order chi connectivity index (χ0) is 28.4. The molecule has 39 heavy (non-hydrogen) atoms. The van der Waals surface area contributed by atoms with E-state index in [1.54, 1.807) is 23.0 Å². The van der Waals surface area contributed by atoms with Crippen LogP contribution in [0.2, 0.25) is 18.1 Å². The molecule has 0 fully saturated rings. The lowest BCUT2D eigenvalue weighted by atomic mass is 10.1. The third kappa shape index (κ3) is 6.54. The van der Waals surface area contributed by atoms with Gasteiger partial charge in [-0.25, -0.2) is 23.4 Å². The molecular weight excluding hydrogens is 536 g/mol. The number of anilines is 2. The van der Waals surface area contributed by atoms with E-state index in [4.69, 9.17) is 19.2 Å². The van der Waals surface area contributed by atoms with Gasteiger partial charge in [0.2, 0.25) is 0 Å². The lowest BCUT2D eigenvalue weighted by Gasteiger charge is -2.36. The highest BCUT2D eigenvalue weighted by Crippen LogP contribution is 2.38. The van der Waals surface area contributed by atoms with Gasteiger partial charge in [-0.05, 0) is 55.4 Å². The number of ether oxygens (including phenoxy) is 1. The van der Waals surface area contributed by atoms with Crippen molar-refractivity contribution in [3.8, 4) is 22.1 Å². The Balaban J connectivity index is 1.77. The molecule has 11 heteroatoms. The van der Waals surface area contributed by atoms with Gasteiger partial charge in [0.1, 0.15) is 22.3 Å². The summed E-state index contributed by atoms with van der Waals surface area (Å²) in [5.74, 6) is 0.852. The minimum Gasteiger partial charge on any atom is -0.497 e. The monoisotopic (exact) mass is 571 g/mol. The van der Waals surface area contributed by atoms with Crippen molar-refractivity contribution in [2.75, 3.05) is 19.0 Å². The van der Waals surface area contributed by atoms with Crippen LogP contribution in [0.3, 0.4) is 0 Å². The van der Waals surface area contributed by atoms with Crippen molar-refractivity contribution >= 4 is 31.2 Å². The number of aromatic nitrogens is 4. The molecule has 3 heterocycles. The van der Waals surface area contributed by atoms with Crippen molar-refractivity contribution in [2.45, 2.75) is 58.7 Å². The molecule has 0 aliphatic carbocycles. The van der Waals surface area contributed by atoms with E-state index >= 15 is 0 Å². The van der Waals surface area contributed by atoms with Gasteiger partial charge >= 0.3 is 0 Å². The number of hydrogen-bond donors (Lipinski definition) is 1. The Labute approximate surface area is 233 Å². The average Bonchev–Trinajstić information content (AvgIpc) is 3.57. The smallest absolute Gasteiger partial charge is 0.265 e. The van der Waals surface area contributed by atoms with E-state index in [2.05, 4.69) is 44.2 Å². The van der Waals surface area contributed by atoms with Crippen molar-refractivity contribution in [1.82, 2.24) is 19.7 Å². The van der Waals surface area contributed by atoms with Gasteiger partial charge in [-0.3, -0.25) is 0 Å². The van der Waals surface area contributed by atoms with Crippen LogP contribution in [0, 0.1) is 6.92 Å². The summed E-state index contributed by atoms with van der Waals surface area (Å²) in [5.41, 5.74) is 3.22. The molecule has 0 unspecified atom stereocenters. The van der Waals surface area contributed by atoms with Crippen molar-refractivity contribution < 1.29 is 17.9 Å². The van der Waals surface area contributed by atoms with Gasteiger partial charge in [0.15, 0.2) is 8.32 Å². The molecule has 0 atom stereocenters. The van der Waals surface area contributed by atoms with Crippen molar-refractivity contribution in [1.29, 1.82) is 0 Å². The van der Waals surface area contributed by atoms with Crippen molar-refractivity contribution in [2.24, 2.45) is 0 Å². The van der Waals surface area contributed by atoms with Crippen LogP contribution in [0.25, 0.3) is 16.4 Å². The van der Waals surface area contributed by atoms with Gasteiger partial charge in [0, 0.05) is 53.3 Å². The first-order chi connectivity index (χ1) is 18.4. The maximum Gasteiger partial charge on any atom is 0.265 e. The number of rotatable bonds is 10. The number of halogens is 2. The first-order valence-corrected chi connectivity index (χ1v) is 16.5. The fourth-order valence-electron chi connectivity index (χ4n) is 3.87. The zero-order valence-corrected chi connectivity index (χ0v) is 25.2. The summed E-state index contributed by atoms with van der Waals surface area (Å²) in [6.45, 7) is 13.4. The number of benzene rings is 1. The fraction of sp³-hybridized carbons (Fsp3) is 0.393. The number of nitrogens with one attached hydrogen (secondary N) is 1. The quantitative estimate of drug-likeness (QED) is 0.195. The van der Waals surface area contributed by atoms with Gasteiger partial charge < -0.3 is 14.5 Å². The van der Waals surface area contributed by atoms with E-state index in [1.165, 1.54) is 24.5 Å². The van der Waals surface area contributed by atoms with Crippen molar-refractivity contribution in [3.63, 3.8) is 0 Å². The van der Waals surface area contributed by atoms with E-state index in [0.29, 0.717) is 24.6 Å². The molecule has 208 valence electrons. The molecule has 0 radical (unpaired) electrons. The first-order valence-electron chi connectivity index (χ1n) is 12.7. The summed E-state index contributed by atoms with van der Waals surface area (Å²) >= 11 is 1.51. The molecule has 0 aliphatic rings. The highest BCUT2D eigenvalue weighted by atomic mass is 32.1. The van der Waals surface area contributed by atoms with Gasteiger partial charge in [0.05, 0.1) is 12.8 Å². The third-order valence-corrected chi connectivity index (χ3v) is 12.4. The van der Waals surface area contributed by atoms with Crippen LogP contribution in [0.5, 0.6) is 5.75 Å². The average molecular weight is 572 g/mol. The summed E-state index contributed by atoms with van der Waals surface area (Å²) < 4.78 is 41.5. The van der Waals surface area contributed by atoms with Crippen LogP contribution in [-0.4, -0.2) is 41.8 Å². The van der Waals surface area contributed by atoms with E-state index < -0.39 is 14.7 Å². The molecule has 4 aromatic rings. The van der Waals surface area contributed by atoms with Gasteiger partial charge in [-0.15, -0.1) is 11.3 Å². The first kappa shape index (κ1) is 28.8. The Morgan fingerprint density at radius 1 is 1.15 bits per heavy atom. The van der Waals surface area contributed by atoms with E-state index in [-0.39, 0.29) is 16.3 Å². The Hall–Kier alpha value is -3.15. The number of nitrogens with zero attached hydrogens (tertiary/aromatic N) is 4. The van der Waals surface area contributed by atoms with Crippen molar-refractivity contribution in [3.05, 3.63) is 64.9 Å². The number of alkyl halides is 2. The van der Waals surface area contributed by atoms with Gasteiger partial charge in [-0.2, -0.15) is 5.10 Å². The number of methoxy groups -OCH3 is 1. The predicted molar refractivity (Wildman–Crippen MR) is 155 cm³/mol. The summed E-state index contributed by atoms with van der Waals surface area (Å²) in [7, 11) is -0.553. The molecule has 0 spiro atoms. The molecule has 7 nitrogen and oxygen atoms in total. The second kappa shape index (κ2) is 11.5. The predicted octanol–water partition coefficient (Wildman–Crippen LogP) is 7.95. The Morgan fingerprint density at radius 2 is 1.92 bits per heavy atom. The molecular formula is C28H35F2N5O2SSi. The number of aryl methyl sites for hydroxylation is 1. The van der Waals surface area contributed by atoms with Crippen LogP contribution in [0.15, 0.2) is 48.1 Å². The maximum absolute atomic E-state index is 14.0.